The highest BCUT2D eigenvalue weighted by atomic mass is 35.5. The number of ether oxygens (including phenoxy) is 1. The van der Waals surface area contributed by atoms with Gasteiger partial charge in [0.15, 0.2) is 0 Å². The highest BCUT2D eigenvalue weighted by Crippen LogP contribution is 2.40. The number of benzene rings is 1. The number of hydrogen-bond acceptors (Lipinski definition) is 2. The Morgan fingerprint density at radius 1 is 1.39 bits per heavy atom. The van der Waals surface area contributed by atoms with Gasteiger partial charge in [0.2, 0.25) is 0 Å². The summed E-state index contributed by atoms with van der Waals surface area (Å²) in [6, 6.07) is 5.36. The highest BCUT2D eigenvalue weighted by molar-refractivity contribution is 6.36. The predicted octanol–water partition coefficient (Wildman–Crippen LogP) is 4.05. The van der Waals surface area contributed by atoms with Gasteiger partial charge in [0, 0.05) is 10.0 Å². The Morgan fingerprint density at radius 3 is 2.56 bits per heavy atom. The summed E-state index contributed by atoms with van der Waals surface area (Å²) in [5.41, 5.74) is 0.248. The maximum absolute atomic E-state index is 12.0. The van der Waals surface area contributed by atoms with Crippen molar-refractivity contribution in [3.05, 3.63) is 46.5 Å². The smallest absolute Gasteiger partial charge is 0.312 e. The van der Waals surface area contributed by atoms with Gasteiger partial charge in [-0.1, -0.05) is 35.3 Å². The molecule has 1 aromatic rings. The molecule has 96 valence electrons. The zero-order valence-electron chi connectivity index (χ0n) is 9.92. The maximum Gasteiger partial charge on any atom is 0.312 e. The van der Waals surface area contributed by atoms with Crippen LogP contribution < -0.4 is 0 Å². The molecule has 1 aliphatic heterocycles. The Morgan fingerprint density at radius 2 is 2.06 bits per heavy atom. The minimum Gasteiger partial charge on any atom is -0.465 e. The summed E-state index contributed by atoms with van der Waals surface area (Å²) >= 11 is 12.3. The molecule has 1 aromatic carbocycles. The monoisotopic (exact) mass is 284 g/mol. The van der Waals surface area contributed by atoms with E-state index in [1.54, 1.807) is 24.3 Å². The van der Waals surface area contributed by atoms with E-state index >= 15 is 0 Å². The lowest BCUT2D eigenvalue weighted by Gasteiger charge is -2.24. The lowest BCUT2D eigenvalue weighted by Crippen LogP contribution is -2.28. The number of esters is 1. The SMILES string of the molecule is C=CCC1(Cc2c(Cl)cccc2Cl)CCOC1=O. The number of hydrogen-bond donors (Lipinski definition) is 0. The molecule has 0 N–H and O–H groups in total. The largest absolute Gasteiger partial charge is 0.465 e. The third-order valence-corrected chi connectivity index (χ3v) is 4.07. The fourth-order valence-electron chi connectivity index (χ4n) is 2.33. The summed E-state index contributed by atoms with van der Waals surface area (Å²) in [5, 5.41) is 1.18. The van der Waals surface area contributed by atoms with E-state index in [1.165, 1.54) is 0 Å². The normalized spacial score (nSPS) is 22.9. The highest BCUT2D eigenvalue weighted by Gasteiger charge is 2.44. The number of allylic oxidation sites excluding steroid dienone is 1. The first kappa shape index (κ1) is 13.4. The summed E-state index contributed by atoms with van der Waals surface area (Å²) in [7, 11) is 0. The van der Waals surface area contributed by atoms with E-state index < -0.39 is 5.41 Å². The predicted molar refractivity (Wildman–Crippen MR) is 73.0 cm³/mol. The van der Waals surface area contributed by atoms with Crippen LogP contribution in [0.4, 0.5) is 0 Å². The van der Waals surface area contributed by atoms with Crippen LogP contribution in [0.15, 0.2) is 30.9 Å². The molecule has 0 aliphatic carbocycles. The van der Waals surface area contributed by atoms with E-state index in [4.69, 9.17) is 27.9 Å². The summed E-state index contributed by atoms with van der Waals surface area (Å²) in [5.74, 6) is -0.182. The van der Waals surface area contributed by atoms with Crippen molar-refractivity contribution in [2.45, 2.75) is 19.3 Å². The molecule has 1 fully saturated rings. The summed E-state index contributed by atoms with van der Waals surface area (Å²) in [6.07, 6.45) is 3.50. The third kappa shape index (κ3) is 2.40. The zero-order chi connectivity index (χ0) is 13.2. The van der Waals surface area contributed by atoms with Crippen LogP contribution in [0.2, 0.25) is 10.0 Å². The van der Waals surface area contributed by atoms with Crippen molar-refractivity contribution < 1.29 is 9.53 Å². The van der Waals surface area contributed by atoms with E-state index in [1.807, 2.05) is 0 Å². The lowest BCUT2D eigenvalue weighted by atomic mass is 9.77. The summed E-state index contributed by atoms with van der Waals surface area (Å²) < 4.78 is 5.10. The van der Waals surface area contributed by atoms with Crippen LogP contribution >= 0.6 is 23.2 Å². The maximum atomic E-state index is 12.0. The van der Waals surface area contributed by atoms with Gasteiger partial charge in [-0.25, -0.2) is 0 Å². The van der Waals surface area contributed by atoms with E-state index in [9.17, 15) is 4.79 Å². The Bertz CT molecular complexity index is 464. The van der Waals surface area contributed by atoms with Gasteiger partial charge in [-0.2, -0.15) is 0 Å². The standard InChI is InChI=1S/C14H14Cl2O2/c1-2-6-14(7-8-18-13(14)17)9-10-11(15)4-3-5-12(10)16/h2-5H,1,6-9H2. The van der Waals surface area contributed by atoms with Gasteiger partial charge in [0.1, 0.15) is 0 Å². The Balaban J connectivity index is 2.35. The van der Waals surface area contributed by atoms with Crippen molar-refractivity contribution in [3.8, 4) is 0 Å². The van der Waals surface area contributed by atoms with E-state index in [-0.39, 0.29) is 5.97 Å². The average Bonchev–Trinajstić information content (AvgIpc) is 2.67. The van der Waals surface area contributed by atoms with Crippen molar-refractivity contribution in [1.29, 1.82) is 0 Å². The average molecular weight is 285 g/mol. The van der Waals surface area contributed by atoms with E-state index in [2.05, 4.69) is 6.58 Å². The molecular formula is C14H14Cl2O2. The molecular weight excluding hydrogens is 271 g/mol. The van der Waals surface area contributed by atoms with Crippen LogP contribution in [-0.2, 0) is 16.0 Å². The van der Waals surface area contributed by atoms with Crippen LogP contribution in [-0.4, -0.2) is 12.6 Å². The molecule has 2 nitrogen and oxygen atoms in total. The molecule has 0 amide bonds. The Labute approximate surface area is 117 Å². The molecule has 0 aromatic heterocycles. The van der Waals surface area contributed by atoms with E-state index in [0.29, 0.717) is 35.9 Å². The van der Waals surface area contributed by atoms with Crippen LogP contribution in [0.25, 0.3) is 0 Å². The van der Waals surface area contributed by atoms with Crippen LogP contribution in [0.3, 0.4) is 0 Å². The van der Waals surface area contributed by atoms with Crippen molar-refractivity contribution >= 4 is 29.2 Å². The molecule has 1 saturated heterocycles. The first-order valence-electron chi connectivity index (χ1n) is 5.80. The van der Waals surface area contributed by atoms with Crippen LogP contribution in [0, 0.1) is 5.41 Å². The molecule has 2 rings (SSSR count). The van der Waals surface area contributed by atoms with Crippen molar-refractivity contribution in [2.24, 2.45) is 5.41 Å². The first-order valence-corrected chi connectivity index (χ1v) is 6.56. The van der Waals surface area contributed by atoms with Gasteiger partial charge in [-0.3, -0.25) is 4.79 Å². The van der Waals surface area contributed by atoms with Gasteiger partial charge in [0.25, 0.3) is 0 Å². The Hall–Kier alpha value is -0.990. The van der Waals surface area contributed by atoms with Crippen LogP contribution in [0.5, 0.6) is 0 Å². The molecule has 0 radical (unpaired) electrons. The molecule has 1 aliphatic rings. The third-order valence-electron chi connectivity index (χ3n) is 3.36. The number of carbonyl (C=O) groups excluding carboxylic acids is 1. The van der Waals surface area contributed by atoms with Gasteiger partial charge >= 0.3 is 5.97 Å². The van der Waals surface area contributed by atoms with E-state index in [0.717, 1.165) is 5.56 Å². The number of halogens is 2. The van der Waals surface area contributed by atoms with Gasteiger partial charge in [-0.05, 0) is 37.0 Å². The van der Waals surface area contributed by atoms with Crippen molar-refractivity contribution in [3.63, 3.8) is 0 Å². The second-order valence-electron chi connectivity index (χ2n) is 4.54. The molecule has 0 spiro atoms. The fraction of sp³-hybridized carbons (Fsp3) is 0.357. The molecule has 0 bridgehead atoms. The molecule has 1 heterocycles. The molecule has 1 unspecified atom stereocenters. The first-order chi connectivity index (χ1) is 8.59. The molecule has 4 heteroatoms. The van der Waals surface area contributed by atoms with Gasteiger partial charge in [0.05, 0.1) is 12.0 Å². The minimum absolute atomic E-state index is 0.182. The van der Waals surface area contributed by atoms with Crippen LogP contribution in [0.1, 0.15) is 18.4 Å². The lowest BCUT2D eigenvalue weighted by molar-refractivity contribution is -0.146. The van der Waals surface area contributed by atoms with Gasteiger partial charge in [-0.15, -0.1) is 6.58 Å². The van der Waals surface area contributed by atoms with Crippen molar-refractivity contribution in [2.75, 3.05) is 6.61 Å². The molecule has 1 atom stereocenters. The Kier molecular flexibility index (Phi) is 3.98. The quantitative estimate of drug-likeness (QED) is 0.616. The molecule has 0 saturated carbocycles. The minimum atomic E-state index is -0.559. The summed E-state index contributed by atoms with van der Waals surface area (Å²) in [6.45, 7) is 4.17. The van der Waals surface area contributed by atoms with Gasteiger partial charge < -0.3 is 4.74 Å². The number of carbonyl (C=O) groups is 1. The molecule has 18 heavy (non-hydrogen) atoms. The topological polar surface area (TPSA) is 26.3 Å². The zero-order valence-corrected chi connectivity index (χ0v) is 11.4. The van der Waals surface area contributed by atoms with Crippen molar-refractivity contribution in [1.82, 2.24) is 0 Å². The number of rotatable bonds is 4. The second kappa shape index (κ2) is 5.33. The summed E-state index contributed by atoms with van der Waals surface area (Å²) in [4.78, 5) is 12.0. The fourth-order valence-corrected chi connectivity index (χ4v) is 2.86. The second-order valence-corrected chi connectivity index (χ2v) is 5.35. The number of cyclic esters (lactones) is 1.